The predicted molar refractivity (Wildman–Crippen MR) is 97.1 cm³/mol. The first kappa shape index (κ1) is 19.9. The number of anilines is 1. The standard InChI is InChI=1S/C19H20N2O6/c1-11(2)27-16-6-5-12(10-20-16)17(22)21-15-8-13(18(23)25-3)7-14(9-15)19(24)26-4/h5-11H,1-4H3,(H,21,22). The van der Waals surface area contributed by atoms with Crippen LogP contribution in [0.4, 0.5) is 5.69 Å². The molecule has 0 radical (unpaired) electrons. The molecule has 1 heterocycles. The summed E-state index contributed by atoms with van der Waals surface area (Å²) in [6, 6.07) is 7.28. The van der Waals surface area contributed by atoms with E-state index in [1.807, 2.05) is 13.8 Å². The summed E-state index contributed by atoms with van der Waals surface area (Å²) in [6.07, 6.45) is 1.34. The lowest BCUT2D eigenvalue weighted by molar-refractivity contribution is 0.0599. The second-order valence-corrected chi connectivity index (χ2v) is 5.79. The molecular weight excluding hydrogens is 352 g/mol. The lowest BCUT2D eigenvalue weighted by Crippen LogP contribution is -2.15. The van der Waals surface area contributed by atoms with E-state index in [0.717, 1.165) is 0 Å². The first-order chi connectivity index (χ1) is 12.8. The maximum absolute atomic E-state index is 12.4. The van der Waals surface area contributed by atoms with Gasteiger partial charge >= 0.3 is 11.9 Å². The average Bonchev–Trinajstić information content (AvgIpc) is 2.66. The molecule has 0 saturated carbocycles. The van der Waals surface area contributed by atoms with Crippen LogP contribution in [-0.4, -0.2) is 43.2 Å². The number of pyridine rings is 1. The van der Waals surface area contributed by atoms with Crippen molar-refractivity contribution in [3.05, 3.63) is 53.2 Å². The molecule has 1 N–H and O–H groups in total. The third-order valence-corrected chi connectivity index (χ3v) is 3.39. The molecule has 142 valence electrons. The van der Waals surface area contributed by atoms with Crippen molar-refractivity contribution in [2.45, 2.75) is 20.0 Å². The Morgan fingerprint density at radius 2 is 1.52 bits per heavy atom. The Kier molecular flexibility index (Phi) is 6.48. The molecule has 0 aliphatic rings. The molecule has 0 saturated heterocycles. The van der Waals surface area contributed by atoms with Crippen molar-refractivity contribution < 1.29 is 28.6 Å². The normalized spacial score (nSPS) is 10.3. The monoisotopic (exact) mass is 372 g/mol. The van der Waals surface area contributed by atoms with Gasteiger partial charge in [-0.1, -0.05) is 0 Å². The van der Waals surface area contributed by atoms with E-state index in [9.17, 15) is 14.4 Å². The highest BCUT2D eigenvalue weighted by Crippen LogP contribution is 2.18. The number of aromatic nitrogens is 1. The minimum absolute atomic E-state index is 0.0324. The Balaban J connectivity index is 2.25. The van der Waals surface area contributed by atoms with Crippen molar-refractivity contribution in [1.29, 1.82) is 0 Å². The van der Waals surface area contributed by atoms with E-state index in [0.29, 0.717) is 5.88 Å². The number of benzene rings is 1. The number of methoxy groups -OCH3 is 2. The molecule has 0 unspecified atom stereocenters. The van der Waals surface area contributed by atoms with Gasteiger partial charge in [-0.25, -0.2) is 14.6 Å². The molecule has 0 aliphatic carbocycles. The fourth-order valence-corrected chi connectivity index (χ4v) is 2.20. The molecule has 0 atom stereocenters. The minimum atomic E-state index is -0.645. The van der Waals surface area contributed by atoms with Crippen LogP contribution in [0.2, 0.25) is 0 Å². The smallest absolute Gasteiger partial charge is 0.337 e. The van der Waals surface area contributed by atoms with Crippen molar-refractivity contribution in [3.63, 3.8) is 0 Å². The maximum Gasteiger partial charge on any atom is 0.337 e. The first-order valence-corrected chi connectivity index (χ1v) is 8.09. The van der Waals surface area contributed by atoms with Crippen LogP contribution >= 0.6 is 0 Å². The number of hydrogen-bond donors (Lipinski definition) is 1. The van der Waals surface area contributed by atoms with Crippen molar-refractivity contribution in [3.8, 4) is 5.88 Å². The van der Waals surface area contributed by atoms with Crippen LogP contribution < -0.4 is 10.1 Å². The van der Waals surface area contributed by atoms with Crippen LogP contribution in [0.25, 0.3) is 0 Å². The lowest BCUT2D eigenvalue weighted by Gasteiger charge is -2.11. The Hall–Kier alpha value is -3.42. The highest BCUT2D eigenvalue weighted by molar-refractivity contribution is 6.05. The molecule has 8 nitrogen and oxygen atoms in total. The van der Waals surface area contributed by atoms with E-state index in [2.05, 4.69) is 19.8 Å². The number of nitrogens with one attached hydrogen (secondary N) is 1. The van der Waals surface area contributed by atoms with E-state index >= 15 is 0 Å². The summed E-state index contributed by atoms with van der Waals surface area (Å²) in [6.45, 7) is 3.74. The zero-order chi connectivity index (χ0) is 20.0. The number of amides is 1. The summed E-state index contributed by atoms with van der Waals surface area (Å²) >= 11 is 0. The van der Waals surface area contributed by atoms with Crippen molar-refractivity contribution in [2.75, 3.05) is 19.5 Å². The largest absolute Gasteiger partial charge is 0.475 e. The van der Waals surface area contributed by atoms with Crippen LogP contribution in [0.1, 0.15) is 44.9 Å². The Labute approximate surface area is 156 Å². The molecule has 1 amide bonds. The molecule has 1 aromatic carbocycles. The number of carbonyl (C=O) groups excluding carboxylic acids is 3. The molecule has 0 fully saturated rings. The Bertz CT molecular complexity index is 812. The molecule has 8 heteroatoms. The minimum Gasteiger partial charge on any atom is -0.475 e. The van der Waals surface area contributed by atoms with E-state index in [1.54, 1.807) is 12.1 Å². The Morgan fingerprint density at radius 1 is 0.926 bits per heavy atom. The average molecular weight is 372 g/mol. The fraction of sp³-hybridized carbons (Fsp3) is 0.263. The van der Waals surface area contributed by atoms with Gasteiger partial charge in [0.15, 0.2) is 0 Å². The molecule has 27 heavy (non-hydrogen) atoms. The second kappa shape index (κ2) is 8.79. The molecule has 2 rings (SSSR count). The van der Waals surface area contributed by atoms with Crippen LogP contribution in [0, 0.1) is 0 Å². The van der Waals surface area contributed by atoms with E-state index < -0.39 is 17.8 Å². The zero-order valence-electron chi connectivity index (χ0n) is 15.4. The number of esters is 2. The maximum atomic E-state index is 12.4. The molecular formula is C19H20N2O6. The summed E-state index contributed by atoms with van der Waals surface area (Å²) in [4.78, 5) is 40.1. The van der Waals surface area contributed by atoms with Gasteiger partial charge in [0, 0.05) is 18.0 Å². The van der Waals surface area contributed by atoms with Gasteiger partial charge in [0.25, 0.3) is 5.91 Å². The molecule has 0 bridgehead atoms. The number of hydrogen-bond acceptors (Lipinski definition) is 7. The SMILES string of the molecule is COC(=O)c1cc(NC(=O)c2ccc(OC(C)C)nc2)cc(C(=O)OC)c1. The summed E-state index contributed by atoms with van der Waals surface area (Å²) in [7, 11) is 2.44. The van der Waals surface area contributed by atoms with Gasteiger partial charge in [0.1, 0.15) is 0 Å². The fourth-order valence-electron chi connectivity index (χ4n) is 2.20. The topological polar surface area (TPSA) is 104 Å². The van der Waals surface area contributed by atoms with Gasteiger partial charge in [-0.15, -0.1) is 0 Å². The van der Waals surface area contributed by atoms with Crippen LogP contribution in [0.5, 0.6) is 5.88 Å². The van der Waals surface area contributed by atoms with E-state index in [1.165, 1.54) is 38.6 Å². The van der Waals surface area contributed by atoms with Gasteiger partial charge in [-0.05, 0) is 38.1 Å². The highest BCUT2D eigenvalue weighted by Gasteiger charge is 2.16. The van der Waals surface area contributed by atoms with E-state index in [-0.39, 0.29) is 28.5 Å². The molecule has 0 spiro atoms. The molecule has 1 aromatic heterocycles. The molecule has 0 aliphatic heterocycles. The van der Waals surface area contributed by atoms with Crippen molar-refractivity contribution in [1.82, 2.24) is 4.98 Å². The second-order valence-electron chi connectivity index (χ2n) is 5.79. The van der Waals surface area contributed by atoms with E-state index in [4.69, 9.17) is 4.74 Å². The summed E-state index contributed by atoms with van der Waals surface area (Å²) in [5.41, 5.74) is 0.740. The summed E-state index contributed by atoms with van der Waals surface area (Å²) < 4.78 is 14.8. The van der Waals surface area contributed by atoms with Crippen molar-refractivity contribution in [2.24, 2.45) is 0 Å². The van der Waals surface area contributed by atoms with Gasteiger partial charge in [0.05, 0.1) is 37.0 Å². The quantitative estimate of drug-likeness (QED) is 0.778. The predicted octanol–water partition coefficient (Wildman–Crippen LogP) is 2.69. The Morgan fingerprint density at radius 3 is 1.96 bits per heavy atom. The highest BCUT2D eigenvalue weighted by atomic mass is 16.5. The lowest BCUT2D eigenvalue weighted by atomic mass is 10.1. The zero-order valence-corrected chi connectivity index (χ0v) is 15.4. The number of carbonyl (C=O) groups is 3. The first-order valence-electron chi connectivity index (χ1n) is 8.09. The third kappa shape index (κ3) is 5.27. The molecule has 2 aromatic rings. The number of ether oxygens (including phenoxy) is 3. The summed E-state index contributed by atoms with van der Waals surface area (Å²) in [5, 5.41) is 2.62. The van der Waals surface area contributed by atoms with Crippen molar-refractivity contribution >= 4 is 23.5 Å². The van der Waals surface area contributed by atoms with Crippen LogP contribution in [-0.2, 0) is 9.47 Å². The van der Waals surface area contributed by atoms with Gasteiger partial charge in [-0.2, -0.15) is 0 Å². The summed E-state index contributed by atoms with van der Waals surface area (Å²) in [5.74, 6) is -1.35. The van der Waals surface area contributed by atoms with Gasteiger partial charge in [-0.3, -0.25) is 4.79 Å². The van der Waals surface area contributed by atoms with Crippen LogP contribution in [0.15, 0.2) is 36.5 Å². The number of rotatable bonds is 6. The van der Waals surface area contributed by atoms with Gasteiger partial charge < -0.3 is 19.5 Å². The third-order valence-electron chi connectivity index (χ3n) is 3.39. The van der Waals surface area contributed by atoms with Gasteiger partial charge in [0.2, 0.25) is 5.88 Å². The number of nitrogens with zero attached hydrogens (tertiary/aromatic N) is 1. The van der Waals surface area contributed by atoms with Crippen LogP contribution in [0.3, 0.4) is 0 Å².